The molecule has 2 heterocycles. The normalized spacial score (nSPS) is 14.3. The molecule has 0 fully saturated rings. The Morgan fingerprint density at radius 3 is 2.73 bits per heavy atom. The summed E-state index contributed by atoms with van der Waals surface area (Å²) in [4.78, 5) is 35.5. The summed E-state index contributed by atoms with van der Waals surface area (Å²) < 4.78 is 2.82. The van der Waals surface area contributed by atoms with Gasteiger partial charge in [0.25, 0.3) is 0 Å². The molecule has 0 bridgehead atoms. The second kappa shape index (κ2) is 7.24. The van der Waals surface area contributed by atoms with Gasteiger partial charge in [0, 0.05) is 19.0 Å². The minimum absolute atomic E-state index is 0.0239. The zero-order chi connectivity index (χ0) is 16.1. The number of hydrogen-bond acceptors (Lipinski definition) is 4. The lowest BCUT2D eigenvalue weighted by molar-refractivity contribution is -0.126. The van der Waals surface area contributed by atoms with Crippen LogP contribution in [0.1, 0.15) is 38.9 Å². The van der Waals surface area contributed by atoms with Crippen molar-refractivity contribution in [2.45, 2.75) is 58.7 Å². The van der Waals surface area contributed by atoms with Crippen LogP contribution >= 0.6 is 0 Å². The molecule has 8 nitrogen and oxygen atoms in total. The van der Waals surface area contributed by atoms with Crippen molar-refractivity contribution in [3.05, 3.63) is 16.3 Å². The molecule has 2 amide bonds. The molecular formula is C14H23N5O3. The minimum Gasteiger partial charge on any atom is -0.352 e. The first kappa shape index (κ1) is 16.3. The van der Waals surface area contributed by atoms with E-state index in [9.17, 15) is 14.4 Å². The van der Waals surface area contributed by atoms with Crippen LogP contribution in [0.3, 0.4) is 0 Å². The van der Waals surface area contributed by atoms with Gasteiger partial charge < -0.3 is 10.6 Å². The number of nitrogens with one attached hydrogen (secondary N) is 2. The number of hydrogen-bond donors (Lipinski definition) is 2. The molecule has 22 heavy (non-hydrogen) atoms. The van der Waals surface area contributed by atoms with E-state index in [0.29, 0.717) is 6.54 Å². The lowest BCUT2D eigenvalue weighted by atomic mass is 10.2. The molecule has 2 N–H and O–H groups in total. The quantitative estimate of drug-likeness (QED) is 0.760. The van der Waals surface area contributed by atoms with Crippen molar-refractivity contribution in [2.24, 2.45) is 0 Å². The lowest BCUT2D eigenvalue weighted by Crippen LogP contribution is -2.41. The van der Waals surface area contributed by atoms with Crippen LogP contribution in [-0.4, -0.2) is 38.7 Å². The average molecular weight is 309 g/mol. The van der Waals surface area contributed by atoms with E-state index in [4.69, 9.17) is 0 Å². The first-order chi connectivity index (χ1) is 10.5. The van der Waals surface area contributed by atoms with E-state index >= 15 is 0 Å². The molecule has 2 rings (SSSR count). The van der Waals surface area contributed by atoms with E-state index in [1.165, 1.54) is 4.68 Å². The summed E-state index contributed by atoms with van der Waals surface area (Å²) >= 11 is 0. The molecule has 0 saturated carbocycles. The van der Waals surface area contributed by atoms with Gasteiger partial charge in [-0.25, -0.2) is 9.48 Å². The molecule has 1 aliphatic heterocycles. The number of aromatic nitrogens is 3. The third-order valence-corrected chi connectivity index (χ3v) is 3.47. The van der Waals surface area contributed by atoms with Crippen LogP contribution in [0.2, 0.25) is 0 Å². The second-order valence-electron chi connectivity index (χ2n) is 5.82. The van der Waals surface area contributed by atoms with Crippen LogP contribution in [0.15, 0.2) is 4.79 Å². The van der Waals surface area contributed by atoms with Gasteiger partial charge in [0.05, 0.1) is 6.54 Å². The van der Waals surface area contributed by atoms with Gasteiger partial charge in [-0.15, -0.1) is 0 Å². The number of rotatable bonds is 5. The van der Waals surface area contributed by atoms with Gasteiger partial charge in [0.1, 0.15) is 12.4 Å². The lowest BCUT2D eigenvalue weighted by Gasteiger charge is -2.09. The molecule has 8 heteroatoms. The van der Waals surface area contributed by atoms with Crippen LogP contribution in [0.25, 0.3) is 0 Å². The summed E-state index contributed by atoms with van der Waals surface area (Å²) in [5.41, 5.74) is -0.251. The molecular weight excluding hydrogens is 286 g/mol. The number of nitrogens with zero attached hydrogens (tertiary/aromatic N) is 3. The molecule has 122 valence electrons. The van der Waals surface area contributed by atoms with Gasteiger partial charge in [-0.2, -0.15) is 5.10 Å². The van der Waals surface area contributed by atoms with Crippen LogP contribution in [0.5, 0.6) is 0 Å². The summed E-state index contributed by atoms with van der Waals surface area (Å²) in [6, 6.07) is 0.0239. The average Bonchev–Trinajstić information content (AvgIpc) is 2.64. The predicted octanol–water partition coefficient (Wildman–Crippen LogP) is -0.588. The molecule has 1 aromatic rings. The Labute approximate surface area is 128 Å². The maximum Gasteiger partial charge on any atom is 0.346 e. The molecule has 1 aromatic heterocycles. The fourth-order valence-electron chi connectivity index (χ4n) is 2.47. The van der Waals surface area contributed by atoms with Crippen LogP contribution in [0.4, 0.5) is 0 Å². The third kappa shape index (κ3) is 4.19. The SMILES string of the molecule is CC(C)NC(=O)CNC(=O)Cn1nc2n(c1=O)CCCCC2. The smallest absolute Gasteiger partial charge is 0.346 e. The summed E-state index contributed by atoms with van der Waals surface area (Å²) in [5, 5.41) is 9.41. The van der Waals surface area contributed by atoms with Gasteiger partial charge >= 0.3 is 5.69 Å². The first-order valence-electron chi connectivity index (χ1n) is 7.70. The van der Waals surface area contributed by atoms with Gasteiger partial charge in [-0.3, -0.25) is 14.2 Å². The van der Waals surface area contributed by atoms with Gasteiger partial charge in [-0.05, 0) is 26.7 Å². The van der Waals surface area contributed by atoms with E-state index in [0.717, 1.165) is 31.5 Å². The fourth-order valence-corrected chi connectivity index (χ4v) is 2.47. The molecule has 0 aromatic carbocycles. The van der Waals surface area contributed by atoms with Crippen LogP contribution < -0.4 is 16.3 Å². The van der Waals surface area contributed by atoms with Crippen LogP contribution in [0, 0.1) is 0 Å². The molecule has 0 spiro atoms. The fraction of sp³-hybridized carbons (Fsp3) is 0.714. The number of carbonyl (C=O) groups is 2. The predicted molar refractivity (Wildman–Crippen MR) is 80.3 cm³/mol. The van der Waals surface area contributed by atoms with E-state index < -0.39 is 5.91 Å². The van der Waals surface area contributed by atoms with Crippen LogP contribution in [-0.2, 0) is 29.1 Å². The summed E-state index contributed by atoms with van der Waals surface area (Å²) in [6.07, 6.45) is 3.83. The van der Waals surface area contributed by atoms with E-state index in [2.05, 4.69) is 15.7 Å². The topological polar surface area (TPSA) is 98.0 Å². The Kier molecular flexibility index (Phi) is 5.35. The largest absolute Gasteiger partial charge is 0.352 e. The minimum atomic E-state index is -0.394. The Hall–Kier alpha value is -2.12. The van der Waals surface area contributed by atoms with E-state index in [1.807, 2.05) is 13.8 Å². The number of amides is 2. The van der Waals surface area contributed by atoms with Gasteiger partial charge in [0.2, 0.25) is 11.8 Å². The van der Waals surface area contributed by atoms with E-state index in [-0.39, 0.29) is 30.7 Å². The van der Waals surface area contributed by atoms with Crippen molar-refractivity contribution in [3.8, 4) is 0 Å². The maximum absolute atomic E-state index is 12.2. The first-order valence-corrected chi connectivity index (χ1v) is 7.70. The Balaban J connectivity index is 1.92. The van der Waals surface area contributed by atoms with Crippen molar-refractivity contribution in [1.29, 1.82) is 0 Å². The molecule has 0 radical (unpaired) electrons. The third-order valence-electron chi connectivity index (χ3n) is 3.47. The summed E-state index contributed by atoms with van der Waals surface area (Å²) in [6.45, 7) is 4.09. The highest BCUT2D eigenvalue weighted by molar-refractivity contribution is 5.84. The van der Waals surface area contributed by atoms with Crippen molar-refractivity contribution in [2.75, 3.05) is 6.54 Å². The highest BCUT2D eigenvalue weighted by Crippen LogP contribution is 2.09. The molecule has 0 aliphatic carbocycles. The molecule has 0 saturated heterocycles. The summed E-state index contributed by atoms with van der Waals surface area (Å²) in [5.74, 6) is 0.0958. The number of aryl methyl sites for hydroxylation is 1. The highest BCUT2D eigenvalue weighted by atomic mass is 16.2. The van der Waals surface area contributed by atoms with Gasteiger partial charge in [-0.1, -0.05) is 6.42 Å². The second-order valence-corrected chi connectivity index (χ2v) is 5.82. The zero-order valence-electron chi connectivity index (χ0n) is 13.1. The standard InChI is InChI=1S/C14H23N5O3/c1-10(2)16-12(20)8-15-13(21)9-19-14(22)18-7-5-3-4-6-11(18)17-19/h10H,3-9H2,1-2H3,(H,15,21)(H,16,20). The highest BCUT2D eigenvalue weighted by Gasteiger charge is 2.17. The van der Waals surface area contributed by atoms with Crippen molar-refractivity contribution in [3.63, 3.8) is 0 Å². The van der Waals surface area contributed by atoms with Gasteiger partial charge in [0.15, 0.2) is 0 Å². The zero-order valence-corrected chi connectivity index (χ0v) is 13.1. The summed E-state index contributed by atoms with van der Waals surface area (Å²) in [7, 11) is 0. The number of carbonyl (C=O) groups excluding carboxylic acids is 2. The Bertz CT molecular complexity index is 602. The molecule has 0 atom stereocenters. The molecule has 0 unspecified atom stereocenters. The Morgan fingerprint density at radius 1 is 1.23 bits per heavy atom. The maximum atomic E-state index is 12.2. The number of fused-ring (bicyclic) bond motifs is 1. The Morgan fingerprint density at radius 2 is 2.00 bits per heavy atom. The van der Waals surface area contributed by atoms with Crippen molar-refractivity contribution in [1.82, 2.24) is 25.0 Å². The van der Waals surface area contributed by atoms with Crippen molar-refractivity contribution < 1.29 is 9.59 Å². The van der Waals surface area contributed by atoms with Crippen molar-refractivity contribution >= 4 is 11.8 Å². The van der Waals surface area contributed by atoms with E-state index in [1.54, 1.807) is 4.57 Å². The molecule has 1 aliphatic rings. The monoisotopic (exact) mass is 309 g/mol.